The van der Waals surface area contributed by atoms with Crippen molar-refractivity contribution in [1.29, 1.82) is 0 Å². The van der Waals surface area contributed by atoms with E-state index in [-0.39, 0.29) is 17.1 Å². The zero-order valence-corrected chi connectivity index (χ0v) is 15.0. The first-order chi connectivity index (χ1) is 12.0. The highest BCUT2D eigenvalue weighted by molar-refractivity contribution is 6.08. The summed E-state index contributed by atoms with van der Waals surface area (Å²) in [5.41, 5.74) is 0.855. The van der Waals surface area contributed by atoms with Gasteiger partial charge in [-0.25, -0.2) is 0 Å². The van der Waals surface area contributed by atoms with Gasteiger partial charge in [0.05, 0.1) is 11.6 Å². The van der Waals surface area contributed by atoms with Crippen LogP contribution in [0.3, 0.4) is 0 Å². The van der Waals surface area contributed by atoms with E-state index >= 15 is 0 Å². The minimum absolute atomic E-state index is 0.119. The van der Waals surface area contributed by atoms with Crippen LogP contribution >= 0.6 is 0 Å². The van der Waals surface area contributed by atoms with Gasteiger partial charge in [0.25, 0.3) is 5.91 Å². The average Bonchev–Trinajstić information content (AvgIpc) is 2.83. The van der Waals surface area contributed by atoms with Crippen LogP contribution in [0.15, 0.2) is 35.6 Å². The summed E-state index contributed by atoms with van der Waals surface area (Å²) in [5.74, 6) is -1.13. The second kappa shape index (κ2) is 8.70. The number of carbonyl (C=O) groups excluding carboxylic acids is 2. The Morgan fingerprint density at radius 2 is 1.64 bits per heavy atom. The summed E-state index contributed by atoms with van der Waals surface area (Å²) >= 11 is 0. The van der Waals surface area contributed by atoms with E-state index < -0.39 is 17.7 Å². The molecule has 0 spiro atoms. The van der Waals surface area contributed by atoms with Gasteiger partial charge in [0.1, 0.15) is 5.75 Å². The number of hydrogen-bond acceptors (Lipinski definition) is 4. The van der Waals surface area contributed by atoms with Gasteiger partial charge in [0.15, 0.2) is 11.5 Å². The van der Waals surface area contributed by atoms with Crippen molar-refractivity contribution in [2.24, 2.45) is 0 Å². The first kappa shape index (κ1) is 19.0. The fourth-order valence-electron chi connectivity index (χ4n) is 3.31. The lowest BCUT2D eigenvalue weighted by molar-refractivity contribution is -0.129. The molecule has 1 aliphatic heterocycles. The molecule has 25 heavy (non-hydrogen) atoms. The van der Waals surface area contributed by atoms with Gasteiger partial charge in [-0.3, -0.25) is 9.59 Å². The van der Waals surface area contributed by atoms with E-state index in [0.717, 1.165) is 19.3 Å². The van der Waals surface area contributed by atoms with Crippen molar-refractivity contribution in [3.8, 4) is 5.75 Å². The molecular weight excluding hydrogens is 318 g/mol. The van der Waals surface area contributed by atoms with Gasteiger partial charge in [-0.2, -0.15) is 0 Å². The zero-order valence-electron chi connectivity index (χ0n) is 15.0. The van der Waals surface area contributed by atoms with Crippen molar-refractivity contribution in [3.05, 3.63) is 41.2 Å². The number of benzene rings is 1. The SMILES string of the molecule is CCCCCCCCN1C(=O)C(O)=C(C(C)=O)[C@@H]1c1ccc(O)cc1. The molecule has 2 rings (SSSR count). The number of unbranched alkanes of at least 4 members (excludes halogenated alkanes) is 5. The third-order valence-corrected chi connectivity index (χ3v) is 4.64. The van der Waals surface area contributed by atoms with Crippen molar-refractivity contribution in [1.82, 2.24) is 4.90 Å². The topological polar surface area (TPSA) is 77.8 Å². The van der Waals surface area contributed by atoms with Gasteiger partial charge >= 0.3 is 0 Å². The lowest BCUT2D eigenvalue weighted by Gasteiger charge is -2.26. The Bertz CT molecular complexity index is 648. The molecule has 5 heteroatoms. The summed E-state index contributed by atoms with van der Waals surface area (Å²) in [6.45, 7) is 4.03. The molecule has 1 amide bonds. The Labute approximate surface area is 149 Å². The molecule has 0 bridgehead atoms. The molecule has 0 radical (unpaired) electrons. The Hall–Kier alpha value is -2.30. The number of amides is 1. The van der Waals surface area contributed by atoms with E-state index in [0.29, 0.717) is 12.1 Å². The van der Waals surface area contributed by atoms with E-state index in [1.807, 2.05) is 0 Å². The van der Waals surface area contributed by atoms with Gasteiger partial charge < -0.3 is 15.1 Å². The van der Waals surface area contributed by atoms with E-state index in [9.17, 15) is 19.8 Å². The summed E-state index contributed by atoms with van der Waals surface area (Å²) in [6, 6.07) is 5.83. The Balaban J connectivity index is 2.15. The van der Waals surface area contributed by atoms with Crippen molar-refractivity contribution in [2.45, 2.75) is 58.4 Å². The Kier molecular flexibility index (Phi) is 6.62. The Morgan fingerprint density at radius 1 is 1.04 bits per heavy atom. The minimum Gasteiger partial charge on any atom is -0.508 e. The number of phenolic OH excluding ortho intramolecular Hbond substituents is 1. The number of carbonyl (C=O) groups is 2. The number of nitrogens with zero attached hydrogens (tertiary/aromatic N) is 1. The summed E-state index contributed by atoms with van der Waals surface area (Å²) in [6.07, 6.45) is 6.57. The second-order valence-electron chi connectivity index (χ2n) is 6.58. The highest BCUT2D eigenvalue weighted by atomic mass is 16.3. The largest absolute Gasteiger partial charge is 0.508 e. The molecular formula is C20H27NO4. The fourth-order valence-corrected chi connectivity index (χ4v) is 3.31. The molecule has 1 aromatic carbocycles. The maximum Gasteiger partial charge on any atom is 0.290 e. The van der Waals surface area contributed by atoms with Crippen LogP contribution in [0, 0.1) is 0 Å². The molecule has 1 aromatic rings. The first-order valence-electron chi connectivity index (χ1n) is 9.01. The molecule has 0 aliphatic carbocycles. The minimum atomic E-state index is -0.582. The standard InChI is InChI=1S/C20H27NO4/c1-3-4-5-6-7-8-13-21-18(15-9-11-16(23)12-10-15)17(14(2)22)19(24)20(21)25/h9-12,18,23-24H,3-8,13H2,1-2H3/t18-/m0/s1. The van der Waals surface area contributed by atoms with Crippen LogP contribution in [-0.2, 0) is 9.59 Å². The molecule has 1 atom stereocenters. The Morgan fingerprint density at radius 3 is 2.24 bits per heavy atom. The van der Waals surface area contributed by atoms with Crippen LogP contribution in [-0.4, -0.2) is 33.3 Å². The number of ketones is 1. The maximum absolute atomic E-state index is 12.5. The lowest BCUT2D eigenvalue weighted by Crippen LogP contribution is -2.32. The smallest absolute Gasteiger partial charge is 0.290 e. The molecule has 5 nitrogen and oxygen atoms in total. The van der Waals surface area contributed by atoms with Gasteiger partial charge in [0.2, 0.25) is 0 Å². The predicted molar refractivity (Wildman–Crippen MR) is 96.3 cm³/mol. The van der Waals surface area contributed by atoms with Gasteiger partial charge in [0, 0.05) is 6.54 Å². The molecule has 0 aromatic heterocycles. The summed E-state index contributed by atoms with van der Waals surface area (Å²) < 4.78 is 0. The molecule has 0 saturated heterocycles. The third-order valence-electron chi connectivity index (χ3n) is 4.64. The highest BCUT2D eigenvalue weighted by Crippen LogP contribution is 2.38. The van der Waals surface area contributed by atoms with Crippen LogP contribution in [0.25, 0.3) is 0 Å². The average molecular weight is 345 g/mol. The zero-order chi connectivity index (χ0) is 18.4. The molecule has 1 heterocycles. The quantitative estimate of drug-likeness (QED) is 0.662. The summed E-state index contributed by atoms with van der Waals surface area (Å²) in [7, 11) is 0. The van der Waals surface area contributed by atoms with Gasteiger partial charge in [-0.15, -0.1) is 0 Å². The normalized spacial score (nSPS) is 17.4. The summed E-state index contributed by atoms with van der Waals surface area (Å²) in [5, 5.41) is 19.7. The monoisotopic (exact) mass is 345 g/mol. The number of rotatable bonds is 9. The number of phenols is 1. The van der Waals surface area contributed by atoms with Crippen molar-refractivity contribution in [2.75, 3.05) is 6.54 Å². The van der Waals surface area contributed by atoms with E-state index in [1.165, 1.54) is 38.3 Å². The number of Topliss-reactive ketones (excluding diaryl/α,β-unsaturated/α-hetero) is 1. The predicted octanol–water partition coefficient (Wildman–Crippen LogP) is 4.04. The number of aliphatic hydroxyl groups excluding tert-OH is 1. The van der Waals surface area contributed by atoms with Crippen molar-refractivity contribution < 1.29 is 19.8 Å². The number of aliphatic hydroxyl groups is 1. The van der Waals surface area contributed by atoms with Gasteiger partial charge in [-0.1, -0.05) is 51.2 Å². The number of aromatic hydroxyl groups is 1. The van der Waals surface area contributed by atoms with Crippen molar-refractivity contribution >= 4 is 11.7 Å². The van der Waals surface area contributed by atoms with Crippen molar-refractivity contribution in [3.63, 3.8) is 0 Å². The highest BCUT2D eigenvalue weighted by Gasteiger charge is 2.41. The third kappa shape index (κ3) is 4.41. The first-order valence-corrected chi connectivity index (χ1v) is 9.01. The van der Waals surface area contributed by atoms with Crippen LogP contribution in [0.4, 0.5) is 0 Å². The molecule has 0 unspecified atom stereocenters. The summed E-state index contributed by atoms with van der Waals surface area (Å²) in [4.78, 5) is 26.0. The van der Waals surface area contributed by atoms with Gasteiger partial charge in [-0.05, 0) is 31.0 Å². The fraction of sp³-hybridized carbons (Fsp3) is 0.500. The maximum atomic E-state index is 12.5. The molecule has 1 aliphatic rings. The van der Waals surface area contributed by atoms with E-state index in [1.54, 1.807) is 17.0 Å². The lowest BCUT2D eigenvalue weighted by atomic mass is 9.96. The molecule has 0 fully saturated rings. The molecule has 136 valence electrons. The second-order valence-corrected chi connectivity index (χ2v) is 6.58. The van der Waals surface area contributed by atoms with E-state index in [2.05, 4.69) is 6.92 Å². The molecule has 0 saturated carbocycles. The van der Waals surface area contributed by atoms with E-state index in [4.69, 9.17) is 0 Å². The number of hydrogen-bond donors (Lipinski definition) is 2. The van der Waals surface area contributed by atoms with Crippen LogP contribution in [0.5, 0.6) is 5.75 Å². The van der Waals surface area contributed by atoms with Crippen LogP contribution < -0.4 is 0 Å². The van der Waals surface area contributed by atoms with Crippen LogP contribution in [0.1, 0.15) is 64.0 Å². The van der Waals surface area contributed by atoms with Crippen LogP contribution in [0.2, 0.25) is 0 Å². The molecule has 2 N–H and O–H groups in total.